The number of carboxylic acids is 1. The molecular weight excluding hydrogens is 358 g/mol. The second-order valence-corrected chi connectivity index (χ2v) is 5.97. The molecule has 23 heavy (non-hydrogen) atoms. The number of benzene rings is 2. The first-order valence-electron chi connectivity index (χ1n) is 7.16. The van der Waals surface area contributed by atoms with Crippen molar-refractivity contribution < 1.29 is 14.3 Å². The monoisotopic (exact) mass is 371 g/mol. The standard InChI is InChI=1S/C18H14BrNO3/c19-14-8-6-12(7-9-14)17-18(13-4-2-1-3-5-13)23-15(20-17)10-11-16(21)22/h1-9H,10-11H2,(H,21,22). The van der Waals surface area contributed by atoms with Crippen LogP contribution in [0.25, 0.3) is 22.6 Å². The summed E-state index contributed by atoms with van der Waals surface area (Å²) < 4.78 is 6.83. The van der Waals surface area contributed by atoms with E-state index in [1.54, 1.807) is 0 Å². The number of hydrogen-bond donors (Lipinski definition) is 1. The van der Waals surface area contributed by atoms with E-state index in [1.165, 1.54) is 0 Å². The molecule has 0 spiro atoms. The first-order valence-corrected chi connectivity index (χ1v) is 7.95. The molecule has 0 saturated carbocycles. The van der Waals surface area contributed by atoms with E-state index in [4.69, 9.17) is 9.52 Å². The highest BCUT2D eigenvalue weighted by Gasteiger charge is 2.17. The fourth-order valence-corrected chi connectivity index (χ4v) is 2.54. The minimum absolute atomic E-state index is 0.00544. The van der Waals surface area contributed by atoms with Gasteiger partial charge in [0.15, 0.2) is 11.7 Å². The Morgan fingerprint density at radius 1 is 1.04 bits per heavy atom. The summed E-state index contributed by atoms with van der Waals surface area (Å²) in [5.74, 6) is 0.229. The quantitative estimate of drug-likeness (QED) is 0.700. The molecule has 4 nitrogen and oxygen atoms in total. The molecule has 2 aromatic carbocycles. The van der Waals surface area contributed by atoms with E-state index in [1.807, 2.05) is 54.6 Å². The Kier molecular flexibility index (Phi) is 4.57. The minimum Gasteiger partial charge on any atom is -0.481 e. The molecule has 1 N–H and O–H groups in total. The lowest BCUT2D eigenvalue weighted by atomic mass is 10.1. The van der Waals surface area contributed by atoms with Crippen LogP contribution >= 0.6 is 15.9 Å². The van der Waals surface area contributed by atoms with Gasteiger partial charge in [-0.15, -0.1) is 0 Å². The molecule has 0 amide bonds. The van der Waals surface area contributed by atoms with E-state index in [-0.39, 0.29) is 12.8 Å². The van der Waals surface area contributed by atoms with Crippen LogP contribution in [0.4, 0.5) is 0 Å². The second kappa shape index (κ2) is 6.79. The Labute approximate surface area is 141 Å². The lowest BCUT2D eigenvalue weighted by molar-refractivity contribution is -0.137. The normalized spacial score (nSPS) is 10.7. The molecule has 1 heterocycles. The molecular formula is C18H14BrNO3. The molecule has 0 fully saturated rings. The molecule has 0 unspecified atom stereocenters. The Morgan fingerprint density at radius 2 is 1.74 bits per heavy atom. The van der Waals surface area contributed by atoms with Crippen molar-refractivity contribution in [1.82, 2.24) is 4.98 Å². The predicted molar refractivity (Wildman–Crippen MR) is 91.0 cm³/mol. The molecule has 0 radical (unpaired) electrons. The average Bonchev–Trinajstić information content (AvgIpc) is 2.99. The van der Waals surface area contributed by atoms with Crippen LogP contribution in [0.15, 0.2) is 63.5 Å². The van der Waals surface area contributed by atoms with Crippen LogP contribution in [0.3, 0.4) is 0 Å². The number of nitrogens with zero attached hydrogens (tertiary/aromatic N) is 1. The van der Waals surface area contributed by atoms with Gasteiger partial charge < -0.3 is 9.52 Å². The van der Waals surface area contributed by atoms with Gasteiger partial charge in [-0.1, -0.05) is 58.4 Å². The zero-order valence-electron chi connectivity index (χ0n) is 12.2. The first kappa shape index (κ1) is 15.5. The van der Waals surface area contributed by atoms with Crippen molar-refractivity contribution in [3.63, 3.8) is 0 Å². The Bertz CT molecular complexity index is 810. The number of aromatic nitrogens is 1. The lowest BCUT2D eigenvalue weighted by Gasteiger charge is -2.01. The molecule has 3 rings (SSSR count). The molecule has 116 valence electrons. The number of hydrogen-bond acceptors (Lipinski definition) is 3. The fraction of sp³-hybridized carbons (Fsp3) is 0.111. The van der Waals surface area contributed by atoms with Gasteiger partial charge in [0.05, 0.1) is 6.42 Å². The molecule has 0 aliphatic rings. The number of oxazole rings is 1. The molecule has 1 aromatic heterocycles. The highest BCUT2D eigenvalue weighted by Crippen LogP contribution is 2.33. The molecule has 0 atom stereocenters. The average molecular weight is 372 g/mol. The molecule has 0 saturated heterocycles. The maximum atomic E-state index is 10.8. The minimum atomic E-state index is -0.866. The van der Waals surface area contributed by atoms with Gasteiger partial charge in [-0.25, -0.2) is 4.98 Å². The zero-order valence-corrected chi connectivity index (χ0v) is 13.8. The summed E-state index contributed by atoms with van der Waals surface area (Å²) in [5.41, 5.74) is 2.57. The highest BCUT2D eigenvalue weighted by molar-refractivity contribution is 9.10. The second-order valence-electron chi connectivity index (χ2n) is 5.05. The summed E-state index contributed by atoms with van der Waals surface area (Å²) in [6.45, 7) is 0. The summed E-state index contributed by atoms with van der Waals surface area (Å²) in [5, 5.41) is 8.84. The maximum absolute atomic E-state index is 10.8. The van der Waals surface area contributed by atoms with E-state index >= 15 is 0 Å². The van der Waals surface area contributed by atoms with Crippen LogP contribution < -0.4 is 0 Å². The van der Waals surface area contributed by atoms with Crippen molar-refractivity contribution >= 4 is 21.9 Å². The van der Waals surface area contributed by atoms with E-state index in [0.29, 0.717) is 11.7 Å². The van der Waals surface area contributed by atoms with Crippen molar-refractivity contribution in [1.29, 1.82) is 0 Å². The van der Waals surface area contributed by atoms with E-state index in [9.17, 15) is 4.79 Å². The Hall–Kier alpha value is -2.40. The van der Waals surface area contributed by atoms with Crippen LogP contribution in [0, 0.1) is 0 Å². The number of halogens is 1. The molecule has 0 bridgehead atoms. The SMILES string of the molecule is O=C(O)CCc1nc(-c2ccc(Br)cc2)c(-c2ccccc2)o1. The topological polar surface area (TPSA) is 63.3 Å². The lowest BCUT2D eigenvalue weighted by Crippen LogP contribution is -1.97. The van der Waals surface area contributed by atoms with E-state index in [2.05, 4.69) is 20.9 Å². The van der Waals surface area contributed by atoms with Crippen molar-refractivity contribution in [2.75, 3.05) is 0 Å². The van der Waals surface area contributed by atoms with Gasteiger partial charge in [-0.3, -0.25) is 4.79 Å². The van der Waals surface area contributed by atoms with Crippen LogP contribution in [0.1, 0.15) is 12.3 Å². The van der Waals surface area contributed by atoms with Crippen molar-refractivity contribution in [3.8, 4) is 22.6 Å². The van der Waals surface area contributed by atoms with Gasteiger partial charge in [0, 0.05) is 22.0 Å². The maximum Gasteiger partial charge on any atom is 0.303 e. The Morgan fingerprint density at radius 3 is 2.39 bits per heavy atom. The van der Waals surface area contributed by atoms with Gasteiger partial charge in [-0.05, 0) is 12.1 Å². The number of aliphatic carboxylic acids is 1. The Balaban J connectivity index is 2.05. The molecule has 0 aliphatic carbocycles. The number of carbonyl (C=O) groups is 1. The van der Waals surface area contributed by atoms with Gasteiger partial charge in [-0.2, -0.15) is 0 Å². The summed E-state index contributed by atoms with van der Waals surface area (Å²) >= 11 is 3.42. The van der Waals surface area contributed by atoms with Crippen LogP contribution in [0.5, 0.6) is 0 Å². The number of rotatable bonds is 5. The smallest absolute Gasteiger partial charge is 0.303 e. The predicted octanol–water partition coefficient (Wildman–Crippen LogP) is 4.79. The van der Waals surface area contributed by atoms with Crippen molar-refractivity contribution in [3.05, 3.63) is 65.0 Å². The third kappa shape index (κ3) is 3.68. The summed E-state index contributed by atoms with van der Waals surface area (Å²) in [4.78, 5) is 15.3. The third-order valence-corrected chi connectivity index (χ3v) is 3.91. The van der Waals surface area contributed by atoms with Gasteiger partial charge in [0.1, 0.15) is 5.69 Å². The fourth-order valence-electron chi connectivity index (χ4n) is 2.27. The molecule has 3 aromatic rings. The van der Waals surface area contributed by atoms with Gasteiger partial charge >= 0.3 is 5.97 Å². The number of aryl methyl sites for hydroxylation is 1. The molecule has 0 aliphatic heterocycles. The first-order chi connectivity index (χ1) is 11.1. The van der Waals surface area contributed by atoms with E-state index < -0.39 is 5.97 Å². The summed E-state index contributed by atoms with van der Waals surface area (Å²) in [6, 6.07) is 17.5. The summed E-state index contributed by atoms with van der Waals surface area (Å²) in [7, 11) is 0. The third-order valence-electron chi connectivity index (χ3n) is 3.38. The largest absolute Gasteiger partial charge is 0.481 e. The number of carboxylic acid groups (broad SMARTS) is 1. The zero-order chi connectivity index (χ0) is 16.2. The van der Waals surface area contributed by atoms with E-state index in [0.717, 1.165) is 21.3 Å². The summed E-state index contributed by atoms with van der Waals surface area (Å²) in [6.07, 6.45) is 0.264. The van der Waals surface area contributed by atoms with Crippen LogP contribution in [-0.4, -0.2) is 16.1 Å². The van der Waals surface area contributed by atoms with Crippen molar-refractivity contribution in [2.45, 2.75) is 12.8 Å². The van der Waals surface area contributed by atoms with Crippen molar-refractivity contribution in [2.24, 2.45) is 0 Å². The molecule has 5 heteroatoms. The van der Waals surface area contributed by atoms with Gasteiger partial charge in [0.2, 0.25) is 0 Å². The van der Waals surface area contributed by atoms with Gasteiger partial charge in [0.25, 0.3) is 0 Å². The highest BCUT2D eigenvalue weighted by atomic mass is 79.9. The van der Waals surface area contributed by atoms with Crippen LogP contribution in [-0.2, 0) is 11.2 Å². The van der Waals surface area contributed by atoms with Crippen LogP contribution in [0.2, 0.25) is 0 Å².